The highest BCUT2D eigenvalue weighted by atomic mass is 16.3. The van der Waals surface area contributed by atoms with Gasteiger partial charge < -0.3 is 10.4 Å². The molecule has 0 unspecified atom stereocenters. The van der Waals surface area contributed by atoms with Gasteiger partial charge in [0.2, 0.25) is 5.91 Å². The molecule has 0 aliphatic heterocycles. The highest BCUT2D eigenvalue weighted by molar-refractivity contribution is 5.78. The van der Waals surface area contributed by atoms with Gasteiger partial charge in [0.15, 0.2) is 0 Å². The van der Waals surface area contributed by atoms with Crippen molar-refractivity contribution in [3.63, 3.8) is 0 Å². The predicted molar refractivity (Wildman–Crippen MR) is 54.0 cm³/mol. The smallest absolute Gasteiger partial charge is 0.226 e. The Morgan fingerprint density at radius 2 is 2.13 bits per heavy atom. The van der Waals surface area contributed by atoms with Crippen LogP contribution in [0, 0.1) is 0 Å². The third kappa shape index (κ3) is 4.02. The molecule has 0 aromatic heterocycles. The molecule has 78 valence electrons. The molecule has 0 aliphatic carbocycles. The normalized spacial score (nSPS) is 9.07. The van der Waals surface area contributed by atoms with E-state index in [2.05, 4.69) is 15.3 Å². The molecular formula is C9H10N4O2. The number of carbonyl (C=O) groups excluding carboxylic acids is 1. The van der Waals surface area contributed by atoms with Crippen molar-refractivity contribution in [1.29, 1.82) is 0 Å². The molecule has 0 atom stereocenters. The topological polar surface area (TPSA) is 98.1 Å². The van der Waals surface area contributed by atoms with Crippen LogP contribution in [0.15, 0.2) is 29.4 Å². The maximum Gasteiger partial charge on any atom is 0.226 e. The van der Waals surface area contributed by atoms with E-state index in [0.29, 0.717) is 6.54 Å². The molecule has 0 saturated heterocycles. The summed E-state index contributed by atoms with van der Waals surface area (Å²) in [6, 6.07) is 6.47. The molecule has 1 aromatic carbocycles. The van der Waals surface area contributed by atoms with E-state index in [4.69, 9.17) is 10.6 Å². The molecule has 1 amide bonds. The van der Waals surface area contributed by atoms with E-state index in [-0.39, 0.29) is 18.2 Å². The van der Waals surface area contributed by atoms with Gasteiger partial charge in [0.1, 0.15) is 12.3 Å². The first-order chi connectivity index (χ1) is 7.22. The van der Waals surface area contributed by atoms with Gasteiger partial charge in [-0.3, -0.25) is 4.79 Å². The van der Waals surface area contributed by atoms with Crippen molar-refractivity contribution in [3.05, 3.63) is 40.3 Å². The number of nitrogens with zero attached hydrogens (tertiary/aromatic N) is 3. The summed E-state index contributed by atoms with van der Waals surface area (Å²) in [4.78, 5) is 13.5. The first-order valence-electron chi connectivity index (χ1n) is 4.28. The molecular weight excluding hydrogens is 196 g/mol. The van der Waals surface area contributed by atoms with E-state index in [9.17, 15) is 4.79 Å². The Hall–Kier alpha value is -2.20. The van der Waals surface area contributed by atoms with Crippen molar-refractivity contribution in [1.82, 2.24) is 5.32 Å². The third-order valence-electron chi connectivity index (χ3n) is 1.70. The standard InChI is InChI=1S/C9H10N4O2/c10-13-12-6-9(15)11-5-7-1-3-8(14)4-2-7/h1-4,14H,5-6H2,(H,11,15). The van der Waals surface area contributed by atoms with Gasteiger partial charge in [0.25, 0.3) is 0 Å². The molecule has 0 saturated carbocycles. The van der Waals surface area contributed by atoms with Crippen LogP contribution in [-0.4, -0.2) is 17.6 Å². The van der Waals surface area contributed by atoms with Crippen LogP contribution in [0.3, 0.4) is 0 Å². The molecule has 1 rings (SSSR count). The van der Waals surface area contributed by atoms with Gasteiger partial charge >= 0.3 is 0 Å². The van der Waals surface area contributed by atoms with Crippen LogP contribution in [-0.2, 0) is 11.3 Å². The molecule has 0 fully saturated rings. The van der Waals surface area contributed by atoms with Gasteiger partial charge in [-0.15, -0.1) is 0 Å². The number of phenols is 1. The number of phenolic OH excluding ortho intramolecular Hbond substituents is 1. The first kappa shape index (κ1) is 10.9. The van der Waals surface area contributed by atoms with Crippen LogP contribution in [0.1, 0.15) is 5.56 Å². The zero-order valence-electron chi connectivity index (χ0n) is 7.92. The summed E-state index contributed by atoms with van der Waals surface area (Å²) in [5.74, 6) is -0.153. The van der Waals surface area contributed by atoms with Gasteiger partial charge in [0, 0.05) is 11.5 Å². The second-order valence-corrected chi connectivity index (χ2v) is 2.83. The van der Waals surface area contributed by atoms with Crippen LogP contribution in [0.2, 0.25) is 0 Å². The number of azide groups is 1. The lowest BCUT2D eigenvalue weighted by Crippen LogP contribution is -2.24. The number of hydrogen-bond acceptors (Lipinski definition) is 3. The molecule has 0 aliphatic rings. The average Bonchev–Trinajstić information content (AvgIpc) is 2.25. The lowest BCUT2D eigenvalue weighted by molar-refractivity contribution is -0.119. The maximum absolute atomic E-state index is 11.0. The Morgan fingerprint density at radius 3 is 2.73 bits per heavy atom. The summed E-state index contributed by atoms with van der Waals surface area (Å²) in [5, 5.41) is 14.7. The second-order valence-electron chi connectivity index (χ2n) is 2.83. The first-order valence-corrected chi connectivity index (χ1v) is 4.28. The zero-order chi connectivity index (χ0) is 11.1. The molecule has 0 heterocycles. The Labute approximate surface area is 86.2 Å². The SMILES string of the molecule is [N-]=[N+]=NCC(=O)NCc1ccc(O)cc1. The lowest BCUT2D eigenvalue weighted by Gasteiger charge is -2.03. The number of amides is 1. The van der Waals surface area contributed by atoms with Crippen molar-refractivity contribution in [2.24, 2.45) is 5.11 Å². The summed E-state index contributed by atoms with van der Waals surface area (Å²) in [5.41, 5.74) is 8.84. The average molecular weight is 206 g/mol. The van der Waals surface area contributed by atoms with Crippen LogP contribution >= 0.6 is 0 Å². The third-order valence-corrected chi connectivity index (χ3v) is 1.70. The van der Waals surface area contributed by atoms with Gasteiger partial charge in [-0.25, -0.2) is 0 Å². The fourth-order valence-corrected chi connectivity index (χ4v) is 0.966. The fourth-order valence-electron chi connectivity index (χ4n) is 0.966. The molecule has 15 heavy (non-hydrogen) atoms. The Kier molecular flexibility index (Phi) is 4.00. The van der Waals surface area contributed by atoms with E-state index in [1.54, 1.807) is 12.1 Å². The van der Waals surface area contributed by atoms with Gasteiger partial charge in [-0.05, 0) is 23.2 Å². The quantitative estimate of drug-likeness (QED) is 0.441. The van der Waals surface area contributed by atoms with Gasteiger partial charge in [-0.2, -0.15) is 0 Å². The van der Waals surface area contributed by atoms with E-state index >= 15 is 0 Å². The minimum absolute atomic E-state index is 0.180. The van der Waals surface area contributed by atoms with Crippen LogP contribution < -0.4 is 5.32 Å². The van der Waals surface area contributed by atoms with Gasteiger partial charge in [-0.1, -0.05) is 17.2 Å². The zero-order valence-corrected chi connectivity index (χ0v) is 7.92. The summed E-state index contributed by atoms with van der Waals surface area (Å²) >= 11 is 0. The van der Waals surface area contributed by atoms with Crippen molar-refractivity contribution in [2.45, 2.75) is 6.54 Å². The number of nitrogens with one attached hydrogen (secondary N) is 1. The van der Waals surface area contributed by atoms with E-state index in [1.807, 2.05) is 0 Å². The number of benzene rings is 1. The van der Waals surface area contributed by atoms with Crippen molar-refractivity contribution in [2.75, 3.05) is 6.54 Å². The van der Waals surface area contributed by atoms with Crippen molar-refractivity contribution >= 4 is 5.91 Å². The van der Waals surface area contributed by atoms with E-state index in [0.717, 1.165) is 5.56 Å². The molecule has 2 N–H and O–H groups in total. The molecule has 0 bridgehead atoms. The van der Waals surface area contributed by atoms with Crippen LogP contribution in [0.5, 0.6) is 5.75 Å². The number of rotatable bonds is 4. The molecule has 6 nitrogen and oxygen atoms in total. The lowest BCUT2D eigenvalue weighted by atomic mass is 10.2. The highest BCUT2D eigenvalue weighted by Crippen LogP contribution is 2.08. The largest absolute Gasteiger partial charge is 0.508 e. The van der Waals surface area contributed by atoms with Crippen molar-refractivity contribution in [3.8, 4) is 5.75 Å². The van der Waals surface area contributed by atoms with E-state index < -0.39 is 0 Å². The highest BCUT2D eigenvalue weighted by Gasteiger charge is 1.98. The summed E-state index contributed by atoms with van der Waals surface area (Å²) in [6.45, 7) is 0.147. The minimum atomic E-state index is -0.333. The van der Waals surface area contributed by atoms with Crippen LogP contribution in [0.25, 0.3) is 10.4 Å². The molecule has 6 heteroatoms. The molecule has 0 radical (unpaired) electrons. The molecule has 0 spiro atoms. The minimum Gasteiger partial charge on any atom is -0.508 e. The fraction of sp³-hybridized carbons (Fsp3) is 0.222. The summed E-state index contributed by atoms with van der Waals surface area (Å²) in [6.07, 6.45) is 0. The monoisotopic (exact) mass is 206 g/mol. The Morgan fingerprint density at radius 1 is 1.47 bits per heavy atom. The number of hydrogen-bond donors (Lipinski definition) is 2. The summed E-state index contributed by atoms with van der Waals surface area (Å²) in [7, 11) is 0. The number of aromatic hydroxyl groups is 1. The van der Waals surface area contributed by atoms with Gasteiger partial charge in [0.05, 0.1) is 0 Å². The Balaban J connectivity index is 2.40. The second kappa shape index (κ2) is 5.51. The number of carbonyl (C=O) groups is 1. The van der Waals surface area contributed by atoms with E-state index in [1.165, 1.54) is 12.1 Å². The predicted octanol–water partition coefficient (Wildman–Crippen LogP) is 1.32. The van der Waals surface area contributed by atoms with Crippen molar-refractivity contribution < 1.29 is 9.90 Å². The maximum atomic E-state index is 11.0. The van der Waals surface area contributed by atoms with Crippen LogP contribution in [0.4, 0.5) is 0 Å². The molecule has 1 aromatic rings. The Bertz CT molecular complexity index is 382. The summed E-state index contributed by atoms with van der Waals surface area (Å²) < 4.78 is 0.